The van der Waals surface area contributed by atoms with Crippen LogP contribution in [0.25, 0.3) is 6.08 Å². The highest BCUT2D eigenvalue weighted by Crippen LogP contribution is 2.37. The number of ether oxygens (including phenoxy) is 4. The summed E-state index contributed by atoms with van der Waals surface area (Å²) in [6, 6.07) is 17.0. The Morgan fingerprint density at radius 2 is 1.54 bits per heavy atom. The van der Waals surface area contributed by atoms with Gasteiger partial charge in [-0.05, 0) is 41.3 Å². The molecule has 1 N–H and O–H groups in total. The highest BCUT2D eigenvalue weighted by molar-refractivity contribution is 5.59. The van der Waals surface area contributed by atoms with Crippen molar-refractivity contribution in [3.05, 3.63) is 88.7 Å². The zero-order valence-corrected chi connectivity index (χ0v) is 21.1. The Bertz CT molecular complexity index is 1130. The molecule has 0 amide bonds. The zero-order valence-electron chi connectivity index (χ0n) is 21.1. The van der Waals surface area contributed by atoms with Gasteiger partial charge < -0.3 is 24.3 Å². The van der Waals surface area contributed by atoms with Crippen molar-refractivity contribution in [3.8, 4) is 23.0 Å². The lowest BCUT2D eigenvalue weighted by molar-refractivity contribution is 0.283. The van der Waals surface area contributed by atoms with Crippen LogP contribution in [-0.2, 0) is 13.0 Å². The molecule has 35 heavy (non-hydrogen) atoms. The van der Waals surface area contributed by atoms with Crippen molar-refractivity contribution in [3.63, 3.8) is 0 Å². The minimum absolute atomic E-state index is 0.0849. The molecule has 0 saturated carbocycles. The third-order valence-electron chi connectivity index (χ3n) is 5.73. The van der Waals surface area contributed by atoms with Gasteiger partial charge in [-0.15, -0.1) is 0 Å². The fraction of sp³-hybridized carbons (Fsp3) is 0.310. The maximum absolute atomic E-state index is 14.6. The number of halogens is 1. The van der Waals surface area contributed by atoms with Crippen LogP contribution in [0.3, 0.4) is 0 Å². The molecule has 0 aliphatic carbocycles. The van der Waals surface area contributed by atoms with E-state index in [4.69, 9.17) is 18.9 Å². The van der Waals surface area contributed by atoms with E-state index >= 15 is 0 Å². The number of benzene rings is 3. The van der Waals surface area contributed by atoms with Crippen LogP contribution in [0.5, 0.6) is 23.0 Å². The molecule has 1 unspecified atom stereocenters. The average molecular weight is 480 g/mol. The molecule has 3 aromatic carbocycles. The van der Waals surface area contributed by atoms with Crippen LogP contribution in [0.1, 0.15) is 42.1 Å². The molecule has 1 atom stereocenters. The van der Waals surface area contributed by atoms with Gasteiger partial charge in [0.15, 0.2) is 23.0 Å². The summed E-state index contributed by atoms with van der Waals surface area (Å²) in [6.07, 6.45) is 4.58. The van der Waals surface area contributed by atoms with E-state index in [0.717, 1.165) is 29.8 Å². The quantitative estimate of drug-likeness (QED) is 0.408. The molecule has 0 fully saturated rings. The lowest BCUT2D eigenvalue weighted by Crippen LogP contribution is -2.28. The molecule has 0 saturated heterocycles. The van der Waals surface area contributed by atoms with Crippen LogP contribution in [-0.4, -0.2) is 27.9 Å². The van der Waals surface area contributed by atoms with Crippen molar-refractivity contribution < 1.29 is 23.3 Å². The first kappa shape index (κ1) is 26.1. The molecule has 1 aliphatic heterocycles. The van der Waals surface area contributed by atoms with Crippen molar-refractivity contribution in [2.45, 2.75) is 32.9 Å². The second-order valence-electron chi connectivity index (χ2n) is 7.75. The highest BCUT2D eigenvalue weighted by atomic mass is 19.1. The normalized spacial score (nSPS) is 14.5. The van der Waals surface area contributed by atoms with E-state index in [1.54, 1.807) is 19.3 Å². The first-order chi connectivity index (χ1) is 17.1. The number of nitrogens with one attached hydrogen (secondary N) is 1. The van der Waals surface area contributed by atoms with Gasteiger partial charge >= 0.3 is 0 Å². The molecule has 4 rings (SSSR count). The van der Waals surface area contributed by atoms with Crippen LogP contribution >= 0.6 is 0 Å². The van der Waals surface area contributed by atoms with Crippen LogP contribution < -0.4 is 24.3 Å². The second kappa shape index (κ2) is 12.8. The Labute approximate surface area is 207 Å². The van der Waals surface area contributed by atoms with E-state index in [0.29, 0.717) is 29.4 Å². The third-order valence-corrected chi connectivity index (χ3v) is 5.73. The third kappa shape index (κ3) is 6.34. The van der Waals surface area contributed by atoms with Gasteiger partial charge in [-0.3, -0.25) is 0 Å². The zero-order chi connectivity index (χ0) is 25.2. The van der Waals surface area contributed by atoms with E-state index in [2.05, 4.69) is 11.4 Å². The standard InChI is InChI=1S/C27H28FNO4.C2H6/c1-30-24-14-20(22(28)16-26(24)32-3)9-10-23-21-15-25(31-2)27(13-19(21)11-12-29-23)33-17-18-7-5-4-6-8-18;1-2/h4-10,13-16,23,29H,11-12,17H2,1-3H3;1-2H3/b10-9+;. The summed E-state index contributed by atoms with van der Waals surface area (Å²) in [6.45, 7) is 5.27. The fourth-order valence-electron chi connectivity index (χ4n) is 3.97. The topological polar surface area (TPSA) is 49.0 Å². The fourth-order valence-corrected chi connectivity index (χ4v) is 3.97. The summed E-state index contributed by atoms with van der Waals surface area (Å²) in [7, 11) is 4.66. The molecule has 3 aromatic rings. The number of hydrogen-bond donors (Lipinski definition) is 1. The number of rotatable bonds is 8. The Morgan fingerprint density at radius 1 is 0.886 bits per heavy atom. The molecule has 0 spiro atoms. The minimum Gasteiger partial charge on any atom is -0.493 e. The molecule has 0 aromatic heterocycles. The predicted octanol–water partition coefficient (Wildman–Crippen LogP) is 6.36. The minimum atomic E-state index is -0.373. The molecule has 0 radical (unpaired) electrons. The Balaban J connectivity index is 0.00000167. The van der Waals surface area contributed by atoms with Crippen molar-refractivity contribution >= 4 is 6.08 Å². The monoisotopic (exact) mass is 479 g/mol. The first-order valence-electron chi connectivity index (χ1n) is 11.8. The number of methoxy groups -OCH3 is 3. The van der Waals surface area contributed by atoms with Crippen LogP contribution in [0.4, 0.5) is 4.39 Å². The second-order valence-corrected chi connectivity index (χ2v) is 7.75. The van der Waals surface area contributed by atoms with E-state index < -0.39 is 0 Å². The predicted molar refractivity (Wildman–Crippen MR) is 138 cm³/mol. The Morgan fingerprint density at radius 3 is 2.23 bits per heavy atom. The van der Waals surface area contributed by atoms with Crippen molar-refractivity contribution in [1.29, 1.82) is 0 Å². The lowest BCUT2D eigenvalue weighted by atomic mass is 9.93. The van der Waals surface area contributed by atoms with Gasteiger partial charge in [0.2, 0.25) is 0 Å². The Kier molecular flexibility index (Phi) is 9.56. The van der Waals surface area contributed by atoms with Gasteiger partial charge in [0, 0.05) is 18.2 Å². The first-order valence-corrected chi connectivity index (χ1v) is 11.8. The lowest BCUT2D eigenvalue weighted by Gasteiger charge is -2.26. The largest absolute Gasteiger partial charge is 0.493 e. The van der Waals surface area contributed by atoms with Crippen LogP contribution in [0.15, 0.2) is 60.7 Å². The van der Waals surface area contributed by atoms with Gasteiger partial charge in [0.25, 0.3) is 0 Å². The molecular weight excluding hydrogens is 445 g/mol. The van der Waals surface area contributed by atoms with Crippen molar-refractivity contribution in [1.82, 2.24) is 5.32 Å². The number of fused-ring (bicyclic) bond motifs is 1. The van der Waals surface area contributed by atoms with Crippen molar-refractivity contribution in [2.75, 3.05) is 27.9 Å². The van der Waals surface area contributed by atoms with Crippen LogP contribution in [0.2, 0.25) is 0 Å². The summed E-state index contributed by atoms with van der Waals surface area (Å²) in [5.74, 6) is 1.86. The van der Waals surface area contributed by atoms with Gasteiger partial charge in [-0.25, -0.2) is 4.39 Å². The molecular formula is C29H34FNO4. The Hall–Kier alpha value is -3.51. The maximum Gasteiger partial charge on any atom is 0.163 e. The van der Waals surface area contributed by atoms with Gasteiger partial charge in [0.1, 0.15) is 12.4 Å². The summed E-state index contributed by atoms with van der Waals surface area (Å²) in [5, 5.41) is 3.48. The summed E-state index contributed by atoms with van der Waals surface area (Å²) in [5.41, 5.74) is 3.79. The van der Waals surface area contributed by atoms with E-state index in [1.807, 2.05) is 56.3 Å². The molecule has 0 bridgehead atoms. The van der Waals surface area contributed by atoms with Gasteiger partial charge in [0.05, 0.1) is 27.4 Å². The summed E-state index contributed by atoms with van der Waals surface area (Å²) >= 11 is 0. The molecule has 5 nitrogen and oxygen atoms in total. The molecule has 1 heterocycles. The van der Waals surface area contributed by atoms with Gasteiger partial charge in [-0.2, -0.15) is 0 Å². The number of hydrogen-bond acceptors (Lipinski definition) is 5. The SMILES string of the molecule is CC.COc1cc(F)c(/C=C/C2NCCc3cc(OCc4ccccc4)c(OC)cc32)cc1OC. The maximum atomic E-state index is 14.6. The molecule has 186 valence electrons. The van der Waals surface area contributed by atoms with E-state index in [-0.39, 0.29) is 11.9 Å². The van der Waals surface area contributed by atoms with Crippen molar-refractivity contribution in [2.24, 2.45) is 0 Å². The smallest absolute Gasteiger partial charge is 0.163 e. The molecule has 6 heteroatoms. The van der Waals surface area contributed by atoms with Crippen LogP contribution in [0, 0.1) is 5.82 Å². The van der Waals surface area contributed by atoms with Gasteiger partial charge in [-0.1, -0.05) is 56.3 Å². The molecule has 1 aliphatic rings. The average Bonchev–Trinajstić information content (AvgIpc) is 2.92. The summed E-state index contributed by atoms with van der Waals surface area (Å²) < 4.78 is 36.7. The highest BCUT2D eigenvalue weighted by Gasteiger charge is 2.21. The van der Waals surface area contributed by atoms with E-state index in [1.165, 1.54) is 25.8 Å². The van der Waals surface area contributed by atoms with E-state index in [9.17, 15) is 4.39 Å². The summed E-state index contributed by atoms with van der Waals surface area (Å²) in [4.78, 5) is 0.